The van der Waals surface area contributed by atoms with Gasteiger partial charge >= 0.3 is 0 Å². The van der Waals surface area contributed by atoms with E-state index < -0.39 is 4.92 Å². The molecule has 0 heterocycles. The minimum absolute atomic E-state index is 0.0132. The van der Waals surface area contributed by atoms with Crippen molar-refractivity contribution in [2.45, 2.75) is 0 Å². The summed E-state index contributed by atoms with van der Waals surface area (Å²) in [5.74, 6) is 0.641. The van der Waals surface area contributed by atoms with Crippen LogP contribution in [-0.2, 0) is 0 Å². The number of para-hydroxylation sites is 1. The molecule has 0 saturated carbocycles. The first kappa shape index (κ1) is 16.0. The zero-order chi connectivity index (χ0) is 16.7. The lowest BCUT2D eigenvalue weighted by Gasteiger charge is -2.07. The largest absolute Gasteiger partial charge is 0.489 e. The Morgan fingerprint density at radius 3 is 2.57 bits per heavy atom. The quantitative estimate of drug-likeness (QED) is 0.263. The predicted molar refractivity (Wildman–Crippen MR) is 88.7 cm³/mol. The number of hydrogen-bond acceptors (Lipinski definition) is 4. The van der Waals surface area contributed by atoms with Gasteiger partial charge in [0.1, 0.15) is 12.4 Å². The lowest BCUT2D eigenvalue weighted by atomic mass is 10.0. The summed E-state index contributed by atoms with van der Waals surface area (Å²) in [6.07, 6.45) is 3.33. The summed E-state index contributed by atoms with van der Waals surface area (Å²) in [6.45, 7) is 3.97. The Balaban J connectivity index is 2.37. The summed E-state index contributed by atoms with van der Waals surface area (Å²) in [5.41, 5.74) is 1.75. The van der Waals surface area contributed by atoms with E-state index in [-0.39, 0.29) is 5.69 Å². The molecule has 0 fully saturated rings. The van der Waals surface area contributed by atoms with Crippen LogP contribution in [0, 0.1) is 21.4 Å². The van der Waals surface area contributed by atoms with Gasteiger partial charge in [-0.25, -0.2) is 0 Å². The molecule has 5 nitrogen and oxygen atoms in total. The van der Waals surface area contributed by atoms with Crippen molar-refractivity contribution >= 4 is 17.3 Å². The molecule has 0 aliphatic heterocycles. The van der Waals surface area contributed by atoms with Gasteiger partial charge < -0.3 is 4.74 Å². The molecule has 0 aliphatic rings. The second-order valence-corrected chi connectivity index (χ2v) is 4.61. The molecule has 0 N–H and O–H groups in total. The van der Waals surface area contributed by atoms with Crippen LogP contribution in [0.3, 0.4) is 0 Å². The molecule has 0 bridgehead atoms. The number of nitro benzene ring substituents is 1. The fourth-order valence-electron chi connectivity index (χ4n) is 1.98. The van der Waals surface area contributed by atoms with Crippen LogP contribution in [-0.4, -0.2) is 11.5 Å². The number of hydrogen-bond donors (Lipinski definition) is 0. The van der Waals surface area contributed by atoms with Crippen molar-refractivity contribution < 1.29 is 9.66 Å². The van der Waals surface area contributed by atoms with Crippen molar-refractivity contribution in [3.8, 4) is 11.8 Å². The maximum absolute atomic E-state index is 10.7. The first-order chi connectivity index (χ1) is 11.2. The highest BCUT2D eigenvalue weighted by Crippen LogP contribution is 2.25. The van der Waals surface area contributed by atoms with Crippen LogP contribution in [0.2, 0.25) is 0 Å². The van der Waals surface area contributed by atoms with Crippen molar-refractivity contribution in [3.63, 3.8) is 0 Å². The molecule has 0 saturated heterocycles. The number of nitrogens with zero attached hydrogens (tertiary/aromatic N) is 2. The molecule has 114 valence electrons. The minimum Gasteiger partial charge on any atom is -0.489 e. The fourth-order valence-corrected chi connectivity index (χ4v) is 1.98. The number of allylic oxidation sites excluding steroid dienone is 1. The summed E-state index contributed by atoms with van der Waals surface area (Å²) >= 11 is 0. The maximum Gasteiger partial charge on any atom is 0.269 e. The molecule has 0 amide bonds. The molecule has 0 unspecified atom stereocenters. The van der Waals surface area contributed by atoms with Gasteiger partial charge in [0.05, 0.1) is 16.6 Å². The Hall–Kier alpha value is -3.39. The molecule has 0 radical (unpaired) electrons. The Bertz CT molecular complexity index is 787. The number of non-ortho nitro benzene ring substituents is 1. The summed E-state index contributed by atoms with van der Waals surface area (Å²) in [5, 5.41) is 20.1. The van der Waals surface area contributed by atoms with E-state index in [1.54, 1.807) is 30.4 Å². The molecule has 0 aromatic heterocycles. The maximum atomic E-state index is 10.7. The van der Waals surface area contributed by atoms with Crippen molar-refractivity contribution in [2.75, 3.05) is 6.61 Å². The lowest BCUT2D eigenvalue weighted by molar-refractivity contribution is -0.384. The molecule has 0 spiro atoms. The highest BCUT2D eigenvalue weighted by atomic mass is 16.6. The SMILES string of the molecule is C=CCOc1ccccc1/C=C(/C#N)c1ccc([N+](=O)[O-])cc1. The van der Waals surface area contributed by atoms with E-state index in [0.29, 0.717) is 23.5 Å². The van der Waals surface area contributed by atoms with Crippen molar-refractivity contribution in [2.24, 2.45) is 0 Å². The van der Waals surface area contributed by atoms with Gasteiger partial charge in [-0.3, -0.25) is 10.1 Å². The third-order valence-electron chi connectivity index (χ3n) is 3.09. The van der Waals surface area contributed by atoms with E-state index in [2.05, 4.69) is 12.6 Å². The minimum atomic E-state index is -0.474. The van der Waals surface area contributed by atoms with Crippen LogP contribution in [0.15, 0.2) is 61.2 Å². The van der Waals surface area contributed by atoms with Crippen molar-refractivity contribution in [3.05, 3.63) is 82.4 Å². The smallest absolute Gasteiger partial charge is 0.269 e. The molecule has 2 aromatic rings. The highest BCUT2D eigenvalue weighted by molar-refractivity contribution is 5.90. The first-order valence-electron chi connectivity index (χ1n) is 6.85. The van der Waals surface area contributed by atoms with Crippen LogP contribution in [0.1, 0.15) is 11.1 Å². The Morgan fingerprint density at radius 1 is 1.26 bits per heavy atom. The average Bonchev–Trinajstić information content (AvgIpc) is 2.58. The van der Waals surface area contributed by atoms with E-state index >= 15 is 0 Å². The molecule has 5 heteroatoms. The lowest BCUT2D eigenvalue weighted by Crippen LogP contribution is -1.95. The monoisotopic (exact) mass is 306 g/mol. The van der Waals surface area contributed by atoms with Gasteiger partial charge in [-0.05, 0) is 29.8 Å². The van der Waals surface area contributed by atoms with Crippen molar-refractivity contribution in [1.29, 1.82) is 5.26 Å². The zero-order valence-electron chi connectivity index (χ0n) is 12.3. The number of nitriles is 1. The van der Waals surface area contributed by atoms with Gasteiger partial charge in [-0.1, -0.05) is 30.9 Å². The molecular weight excluding hydrogens is 292 g/mol. The van der Waals surface area contributed by atoms with Crippen LogP contribution >= 0.6 is 0 Å². The Kier molecular flexibility index (Phi) is 5.26. The average molecular weight is 306 g/mol. The molecule has 0 atom stereocenters. The molecular formula is C18H14N2O3. The second kappa shape index (κ2) is 7.57. The number of ether oxygens (including phenoxy) is 1. The number of nitro groups is 1. The topological polar surface area (TPSA) is 76.2 Å². The molecule has 23 heavy (non-hydrogen) atoms. The third kappa shape index (κ3) is 4.05. The van der Waals surface area contributed by atoms with Gasteiger partial charge in [-0.2, -0.15) is 5.26 Å². The Morgan fingerprint density at radius 2 is 1.96 bits per heavy atom. The van der Waals surface area contributed by atoms with Crippen molar-refractivity contribution in [1.82, 2.24) is 0 Å². The van der Waals surface area contributed by atoms with Gasteiger partial charge in [0.2, 0.25) is 0 Å². The van der Waals surface area contributed by atoms with E-state index in [1.807, 2.05) is 18.2 Å². The van der Waals surface area contributed by atoms with E-state index in [4.69, 9.17) is 4.74 Å². The highest BCUT2D eigenvalue weighted by Gasteiger charge is 2.08. The second-order valence-electron chi connectivity index (χ2n) is 4.61. The number of rotatable bonds is 6. The van der Waals surface area contributed by atoms with Crippen LogP contribution in [0.4, 0.5) is 5.69 Å². The third-order valence-corrected chi connectivity index (χ3v) is 3.09. The first-order valence-corrected chi connectivity index (χ1v) is 6.85. The van der Waals surface area contributed by atoms with Crippen LogP contribution in [0.5, 0.6) is 5.75 Å². The van der Waals surface area contributed by atoms with Crippen LogP contribution in [0.25, 0.3) is 11.6 Å². The van der Waals surface area contributed by atoms with Crippen LogP contribution < -0.4 is 4.74 Å². The Labute approximate surface area is 133 Å². The predicted octanol–water partition coefficient (Wildman–Crippen LogP) is 4.22. The zero-order valence-corrected chi connectivity index (χ0v) is 12.3. The van der Waals surface area contributed by atoms with E-state index in [9.17, 15) is 15.4 Å². The summed E-state index contributed by atoms with van der Waals surface area (Å²) in [4.78, 5) is 10.2. The number of benzene rings is 2. The summed E-state index contributed by atoms with van der Waals surface area (Å²) in [6, 6.07) is 15.3. The van der Waals surface area contributed by atoms with Gasteiger partial charge in [0, 0.05) is 17.7 Å². The summed E-state index contributed by atoms with van der Waals surface area (Å²) in [7, 11) is 0. The van der Waals surface area contributed by atoms with E-state index in [0.717, 1.165) is 5.56 Å². The fraction of sp³-hybridized carbons (Fsp3) is 0.0556. The normalized spacial score (nSPS) is 10.7. The molecule has 2 aromatic carbocycles. The molecule has 2 rings (SSSR count). The van der Waals surface area contributed by atoms with Gasteiger partial charge in [0.15, 0.2) is 0 Å². The van der Waals surface area contributed by atoms with Gasteiger partial charge in [-0.15, -0.1) is 0 Å². The standard InChI is InChI=1S/C18H14N2O3/c1-2-11-23-18-6-4-3-5-15(18)12-16(13-19)14-7-9-17(10-8-14)20(21)22/h2-10,12H,1,11H2/b16-12-. The summed E-state index contributed by atoms with van der Waals surface area (Å²) < 4.78 is 5.56. The van der Waals surface area contributed by atoms with E-state index in [1.165, 1.54) is 12.1 Å². The van der Waals surface area contributed by atoms with Gasteiger partial charge in [0.25, 0.3) is 5.69 Å². The molecule has 0 aliphatic carbocycles.